The Morgan fingerprint density at radius 1 is 1.33 bits per heavy atom. The van der Waals surface area contributed by atoms with Crippen LogP contribution in [0.2, 0.25) is 0 Å². The third-order valence-corrected chi connectivity index (χ3v) is 5.24. The highest BCUT2D eigenvalue weighted by atomic mass is 16.1. The molecule has 0 radical (unpaired) electrons. The van der Waals surface area contributed by atoms with E-state index in [4.69, 9.17) is 0 Å². The Morgan fingerprint density at radius 2 is 2.22 bits per heavy atom. The number of unbranched alkanes of at least 4 members (excludes halogenated alkanes) is 1. The molecule has 0 saturated carbocycles. The average Bonchev–Trinajstić information content (AvgIpc) is 3.12. The first-order chi connectivity index (χ1) is 13.2. The van der Waals surface area contributed by atoms with Gasteiger partial charge in [-0.25, -0.2) is 9.67 Å². The van der Waals surface area contributed by atoms with Gasteiger partial charge in [0.15, 0.2) is 5.82 Å². The smallest absolute Gasteiger partial charge is 0.254 e. The SMILES string of the molecule is CCc1c(C(=O)NCCCCN2CCCC(C)C2)cnn1-c1ccccn1. The van der Waals surface area contributed by atoms with E-state index in [9.17, 15) is 4.79 Å². The van der Waals surface area contributed by atoms with Crippen molar-refractivity contribution in [3.05, 3.63) is 41.9 Å². The van der Waals surface area contributed by atoms with E-state index in [-0.39, 0.29) is 5.91 Å². The van der Waals surface area contributed by atoms with E-state index in [0.29, 0.717) is 12.1 Å². The number of nitrogens with zero attached hydrogens (tertiary/aromatic N) is 4. The summed E-state index contributed by atoms with van der Waals surface area (Å²) < 4.78 is 1.76. The molecule has 3 rings (SSSR count). The van der Waals surface area contributed by atoms with Crippen molar-refractivity contribution < 1.29 is 4.79 Å². The van der Waals surface area contributed by atoms with Gasteiger partial charge in [-0.15, -0.1) is 0 Å². The summed E-state index contributed by atoms with van der Waals surface area (Å²) in [6.07, 6.45) is 8.92. The molecule has 1 aliphatic heterocycles. The summed E-state index contributed by atoms with van der Waals surface area (Å²) in [5.74, 6) is 1.52. The van der Waals surface area contributed by atoms with Gasteiger partial charge < -0.3 is 10.2 Å². The second kappa shape index (κ2) is 9.65. The summed E-state index contributed by atoms with van der Waals surface area (Å²) in [7, 11) is 0. The molecule has 1 unspecified atom stereocenters. The Morgan fingerprint density at radius 3 is 2.96 bits per heavy atom. The molecule has 3 heterocycles. The van der Waals surface area contributed by atoms with Crippen molar-refractivity contribution >= 4 is 5.91 Å². The maximum absolute atomic E-state index is 12.6. The molecule has 0 bridgehead atoms. The number of hydrogen-bond donors (Lipinski definition) is 1. The Balaban J connectivity index is 1.48. The highest BCUT2D eigenvalue weighted by molar-refractivity contribution is 5.95. The lowest BCUT2D eigenvalue weighted by molar-refractivity contribution is 0.0951. The number of pyridine rings is 1. The fourth-order valence-electron chi connectivity index (χ4n) is 3.83. The van der Waals surface area contributed by atoms with Crippen LogP contribution in [0.1, 0.15) is 55.6 Å². The fourth-order valence-corrected chi connectivity index (χ4v) is 3.83. The zero-order valence-electron chi connectivity index (χ0n) is 16.5. The van der Waals surface area contributed by atoms with Gasteiger partial charge in [-0.1, -0.05) is 19.9 Å². The first kappa shape index (κ1) is 19.5. The Hall–Kier alpha value is -2.21. The first-order valence-corrected chi connectivity index (χ1v) is 10.2. The van der Waals surface area contributed by atoms with Gasteiger partial charge in [0.25, 0.3) is 5.91 Å². The highest BCUT2D eigenvalue weighted by Gasteiger charge is 2.18. The second-order valence-corrected chi connectivity index (χ2v) is 7.47. The van der Waals surface area contributed by atoms with Crippen LogP contribution in [0, 0.1) is 5.92 Å². The van der Waals surface area contributed by atoms with Crippen molar-refractivity contribution in [1.29, 1.82) is 0 Å². The van der Waals surface area contributed by atoms with Crippen molar-refractivity contribution in [1.82, 2.24) is 25.0 Å². The monoisotopic (exact) mass is 369 g/mol. The minimum absolute atomic E-state index is 0.0411. The van der Waals surface area contributed by atoms with Crippen molar-refractivity contribution in [2.24, 2.45) is 5.92 Å². The molecule has 6 nitrogen and oxygen atoms in total. The molecule has 0 aromatic carbocycles. The average molecular weight is 370 g/mol. The van der Waals surface area contributed by atoms with E-state index < -0.39 is 0 Å². The lowest BCUT2D eigenvalue weighted by atomic mass is 10.0. The maximum atomic E-state index is 12.6. The molecule has 27 heavy (non-hydrogen) atoms. The minimum Gasteiger partial charge on any atom is -0.352 e. The molecule has 1 saturated heterocycles. The zero-order valence-corrected chi connectivity index (χ0v) is 16.5. The molecular formula is C21H31N5O. The Kier molecular flexibility index (Phi) is 6.98. The van der Waals surface area contributed by atoms with Crippen LogP contribution in [-0.4, -0.2) is 51.8 Å². The van der Waals surface area contributed by atoms with E-state index in [1.807, 2.05) is 25.1 Å². The second-order valence-electron chi connectivity index (χ2n) is 7.47. The van der Waals surface area contributed by atoms with Crippen LogP contribution in [-0.2, 0) is 6.42 Å². The fraction of sp³-hybridized carbons (Fsp3) is 0.571. The number of carbonyl (C=O) groups excluding carboxylic acids is 1. The third-order valence-electron chi connectivity index (χ3n) is 5.24. The number of nitrogens with one attached hydrogen (secondary N) is 1. The minimum atomic E-state index is -0.0411. The van der Waals surface area contributed by atoms with Crippen molar-refractivity contribution in [2.45, 2.75) is 46.0 Å². The molecular weight excluding hydrogens is 338 g/mol. The van der Waals surface area contributed by atoms with E-state index in [0.717, 1.165) is 43.2 Å². The molecule has 146 valence electrons. The molecule has 1 aliphatic rings. The van der Waals surface area contributed by atoms with Crippen molar-refractivity contribution in [3.63, 3.8) is 0 Å². The Labute approximate surface area is 162 Å². The lowest BCUT2D eigenvalue weighted by Crippen LogP contribution is -2.35. The maximum Gasteiger partial charge on any atom is 0.254 e. The summed E-state index contributed by atoms with van der Waals surface area (Å²) in [6.45, 7) is 8.66. The van der Waals surface area contributed by atoms with Gasteiger partial charge in [-0.3, -0.25) is 4.79 Å². The standard InChI is InChI=1S/C21H31N5O/c1-3-19-18(15-24-26(19)20-10-4-5-11-22-20)21(27)23-12-6-7-13-25-14-8-9-17(2)16-25/h4-5,10-11,15,17H,3,6-9,12-14,16H2,1-2H3,(H,23,27). The summed E-state index contributed by atoms with van der Waals surface area (Å²) in [5.41, 5.74) is 1.54. The molecule has 1 amide bonds. The van der Waals surface area contributed by atoms with Crippen LogP contribution < -0.4 is 5.32 Å². The molecule has 6 heteroatoms. The van der Waals surface area contributed by atoms with Crippen LogP contribution in [0.15, 0.2) is 30.6 Å². The van der Waals surface area contributed by atoms with Crippen LogP contribution >= 0.6 is 0 Å². The molecule has 0 spiro atoms. The van der Waals surface area contributed by atoms with Crippen LogP contribution in [0.4, 0.5) is 0 Å². The molecule has 1 atom stereocenters. The predicted octanol–water partition coefficient (Wildman–Crippen LogP) is 3.07. The van der Waals surface area contributed by atoms with Gasteiger partial charge in [-0.2, -0.15) is 5.10 Å². The van der Waals surface area contributed by atoms with Crippen LogP contribution in [0.5, 0.6) is 0 Å². The molecule has 2 aromatic heterocycles. The van der Waals surface area contributed by atoms with E-state index in [1.54, 1.807) is 17.1 Å². The molecule has 1 N–H and O–H groups in total. The number of carbonyl (C=O) groups is 1. The van der Waals surface area contributed by atoms with Gasteiger partial charge >= 0.3 is 0 Å². The quantitative estimate of drug-likeness (QED) is 0.727. The van der Waals surface area contributed by atoms with Gasteiger partial charge in [-0.05, 0) is 63.2 Å². The topological polar surface area (TPSA) is 63.1 Å². The van der Waals surface area contributed by atoms with E-state index >= 15 is 0 Å². The third kappa shape index (κ3) is 5.16. The zero-order chi connectivity index (χ0) is 19.1. The predicted molar refractivity (Wildman–Crippen MR) is 107 cm³/mol. The van der Waals surface area contributed by atoms with Gasteiger partial charge in [0.2, 0.25) is 0 Å². The molecule has 2 aromatic rings. The number of amides is 1. The van der Waals surface area contributed by atoms with Crippen molar-refractivity contribution in [2.75, 3.05) is 26.2 Å². The van der Waals surface area contributed by atoms with Gasteiger partial charge in [0.1, 0.15) is 0 Å². The van der Waals surface area contributed by atoms with E-state index in [2.05, 4.69) is 27.2 Å². The van der Waals surface area contributed by atoms with Crippen LogP contribution in [0.25, 0.3) is 5.82 Å². The van der Waals surface area contributed by atoms with Crippen LogP contribution in [0.3, 0.4) is 0 Å². The summed E-state index contributed by atoms with van der Waals surface area (Å²) in [6, 6.07) is 5.69. The van der Waals surface area contributed by atoms with Gasteiger partial charge in [0.05, 0.1) is 17.5 Å². The largest absolute Gasteiger partial charge is 0.352 e. The number of hydrogen-bond acceptors (Lipinski definition) is 4. The highest BCUT2D eigenvalue weighted by Crippen LogP contribution is 2.16. The summed E-state index contributed by atoms with van der Waals surface area (Å²) >= 11 is 0. The first-order valence-electron chi connectivity index (χ1n) is 10.2. The summed E-state index contributed by atoms with van der Waals surface area (Å²) in [5, 5.41) is 7.43. The van der Waals surface area contributed by atoms with Gasteiger partial charge in [0, 0.05) is 19.3 Å². The number of rotatable bonds is 8. The van der Waals surface area contributed by atoms with Crippen molar-refractivity contribution in [3.8, 4) is 5.82 Å². The summed E-state index contributed by atoms with van der Waals surface area (Å²) in [4.78, 5) is 19.5. The number of piperidine rings is 1. The molecule has 0 aliphatic carbocycles. The normalized spacial score (nSPS) is 17.8. The lowest BCUT2D eigenvalue weighted by Gasteiger charge is -2.30. The molecule has 1 fully saturated rings. The van der Waals surface area contributed by atoms with E-state index in [1.165, 1.54) is 25.9 Å². The number of aromatic nitrogens is 3. The Bertz CT molecular complexity index is 727. The number of likely N-dealkylation sites (tertiary alicyclic amines) is 1.